The quantitative estimate of drug-likeness (QED) is 0.891. The van der Waals surface area contributed by atoms with Crippen LogP contribution < -0.4 is 0 Å². The first-order valence-corrected chi connectivity index (χ1v) is 7.93. The fourth-order valence-electron chi connectivity index (χ4n) is 1.61. The van der Waals surface area contributed by atoms with E-state index < -0.39 is 21.6 Å². The first-order valence-electron chi connectivity index (χ1n) is 5.90. The minimum atomic E-state index is -3.88. The molecule has 2 rings (SSSR count). The molecule has 0 radical (unpaired) electrons. The third-order valence-electron chi connectivity index (χ3n) is 2.64. The smallest absolute Gasteiger partial charge is 0.335 e. The van der Waals surface area contributed by atoms with Gasteiger partial charge in [-0.3, -0.25) is 0 Å². The molecule has 7 nitrogen and oxygen atoms in total. The predicted molar refractivity (Wildman–Crippen MR) is 73.0 cm³/mol. The van der Waals surface area contributed by atoms with E-state index in [0.29, 0.717) is 12.3 Å². The van der Waals surface area contributed by atoms with E-state index >= 15 is 0 Å². The summed E-state index contributed by atoms with van der Waals surface area (Å²) in [6.45, 7) is 1.79. The summed E-state index contributed by atoms with van der Waals surface area (Å²) in [6.07, 6.45) is 0.488. The van der Waals surface area contributed by atoms with E-state index in [9.17, 15) is 13.2 Å². The lowest BCUT2D eigenvalue weighted by atomic mass is 10.2. The van der Waals surface area contributed by atoms with Gasteiger partial charge in [-0.05, 0) is 18.2 Å². The summed E-state index contributed by atoms with van der Waals surface area (Å²) in [5.41, 5.74) is -0.166. The highest BCUT2D eigenvalue weighted by Gasteiger charge is 2.23. The number of aryl methyl sites for hydroxylation is 1. The van der Waals surface area contributed by atoms with E-state index in [1.165, 1.54) is 12.1 Å². The van der Waals surface area contributed by atoms with Gasteiger partial charge in [0, 0.05) is 6.42 Å². The molecule has 0 amide bonds. The first-order chi connectivity index (χ1) is 9.83. The lowest BCUT2D eigenvalue weighted by Crippen LogP contribution is -2.09. The van der Waals surface area contributed by atoms with Crippen LogP contribution in [0.25, 0.3) is 0 Å². The molecular weight excluding hydrogens is 320 g/mol. The number of nitrogens with zero attached hydrogens (tertiary/aromatic N) is 2. The predicted octanol–water partition coefficient (Wildman–Crippen LogP) is 1.96. The summed E-state index contributed by atoms with van der Waals surface area (Å²) >= 11 is 5.85. The van der Waals surface area contributed by atoms with Crippen LogP contribution in [-0.2, 0) is 22.0 Å². The number of carbonyl (C=O) groups is 1. The number of halogens is 1. The molecule has 0 aliphatic heterocycles. The summed E-state index contributed by atoms with van der Waals surface area (Å²) in [7, 11) is -3.88. The van der Waals surface area contributed by atoms with Crippen molar-refractivity contribution in [2.45, 2.75) is 24.0 Å². The van der Waals surface area contributed by atoms with Gasteiger partial charge in [0.1, 0.15) is 5.75 Å². The molecule has 0 saturated heterocycles. The Hall–Kier alpha value is -1.93. The number of benzene rings is 1. The van der Waals surface area contributed by atoms with Gasteiger partial charge < -0.3 is 9.63 Å². The molecule has 9 heteroatoms. The molecule has 1 aromatic heterocycles. The number of carboxylic acid groups (broad SMARTS) is 1. The Kier molecular flexibility index (Phi) is 4.29. The maximum atomic E-state index is 12.3. The van der Waals surface area contributed by atoms with Crippen LogP contribution in [0.15, 0.2) is 27.6 Å². The molecule has 0 aliphatic rings. The van der Waals surface area contributed by atoms with Crippen molar-refractivity contribution in [3.63, 3.8) is 0 Å². The molecule has 0 saturated carbocycles. The zero-order chi connectivity index (χ0) is 15.6. The van der Waals surface area contributed by atoms with E-state index in [2.05, 4.69) is 10.1 Å². The molecule has 1 heterocycles. The Balaban J connectivity index is 2.39. The number of aromatic carboxylic acids is 1. The van der Waals surface area contributed by atoms with Crippen LogP contribution in [0.1, 0.15) is 29.0 Å². The van der Waals surface area contributed by atoms with Crippen LogP contribution in [0.5, 0.6) is 0 Å². The number of carboxylic acids is 1. The molecule has 21 heavy (non-hydrogen) atoms. The van der Waals surface area contributed by atoms with Crippen molar-refractivity contribution in [1.29, 1.82) is 0 Å². The van der Waals surface area contributed by atoms with Crippen molar-refractivity contribution in [3.05, 3.63) is 40.5 Å². The van der Waals surface area contributed by atoms with Gasteiger partial charge >= 0.3 is 5.97 Å². The second kappa shape index (κ2) is 5.82. The normalized spacial score (nSPS) is 11.5. The van der Waals surface area contributed by atoms with Gasteiger partial charge in [0.25, 0.3) is 0 Å². The fourth-order valence-corrected chi connectivity index (χ4v) is 3.37. The highest BCUT2D eigenvalue weighted by atomic mass is 35.5. The standard InChI is InChI=1S/C12H11ClN2O5S/c1-2-11-14-10(15-20-11)6-21(18,19)9-5-7(12(16)17)3-4-8(9)13/h3-5H,2,6H2,1H3,(H,16,17). The van der Waals surface area contributed by atoms with Crippen LogP contribution >= 0.6 is 11.6 Å². The number of hydrogen-bond acceptors (Lipinski definition) is 6. The highest BCUT2D eigenvalue weighted by Crippen LogP contribution is 2.25. The third-order valence-corrected chi connectivity index (χ3v) is 4.73. The van der Waals surface area contributed by atoms with E-state index in [1.54, 1.807) is 6.92 Å². The minimum absolute atomic E-state index is 0.00337. The summed E-state index contributed by atoms with van der Waals surface area (Å²) in [6, 6.07) is 3.47. The monoisotopic (exact) mass is 330 g/mol. The Morgan fingerprint density at radius 1 is 1.43 bits per heavy atom. The molecule has 0 aliphatic carbocycles. The van der Waals surface area contributed by atoms with Crippen LogP contribution in [0.2, 0.25) is 5.02 Å². The molecule has 2 aromatic rings. The van der Waals surface area contributed by atoms with Crippen LogP contribution in [-0.4, -0.2) is 29.6 Å². The van der Waals surface area contributed by atoms with Crippen molar-refractivity contribution in [3.8, 4) is 0 Å². The average molecular weight is 331 g/mol. The maximum absolute atomic E-state index is 12.3. The van der Waals surface area contributed by atoms with Gasteiger partial charge in [-0.2, -0.15) is 4.98 Å². The molecule has 0 spiro atoms. The van der Waals surface area contributed by atoms with E-state index in [4.69, 9.17) is 21.2 Å². The van der Waals surface area contributed by atoms with E-state index in [0.717, 1.165) is 6.07 Å². The minimum Gasteiger partial charge on any atom is -0.478 e. The van der Waals surface area contributed by atoms with Gasteiger partial charge in [0.05, 0.1) is 15.5 Å². The summed E-state index contributed by atoms with van der Waals surface area (Å²) in [5, 5.41) is 12.4. The lowest BCUT2D eigenvalue weighted by Gasteiger charge is -2.05. The van der Waals surface area contributed by atoms with Crippen LogP contribution in [0.4, 0.5) is 0 Å². The molecule has 0 atom stereocenters. The summed E-state index contributed by atoms with van der Waals surface area (Å²) in [5.74, 6) is -1.43. The zero-order valence-electron chi connectivity index (χ0n) is 10.9. The van der Waals surface area contributed by atoms with Crippen molar-refractivity contribution in [2.24, 2.45) is 0 Å². The first kappa shape index (κ1) is 15.5. The third kappa shape index (κ3) is 3.40. The van der Waals surface area contributed by atoms with Crippen molar-refractivity contribution >= 4 is 27.4 Å². The lowest BCUT2D eigenvalue weighted by molar-refractivity contribution is 0.0696. The number of rotatable bonds is 5. The van der Waals surface area contributed by atoms with E-state index in [1.807, 2.05) is 0 Å². The van der Waals surface area contributed by atoms with Gasteiger partial charge in [-0.1, -0.05) is 23.7 Å². The van der Waals surface area contributed by atoms with Gasteiger partial charge in [0.15, 0.2) is 15.7 Å². The highest BCUT2D eigenvalue weighted by molar-refractivity contribution is 7.90. The molecule has 112 valence electrons. The Morgan fingerprint density at radius 2 is 2.14 bits per heavy atom. The molecule has 1 N–H and O–H groups in total. The SMILES string of the molecule is CCc1nc(CS(=O)(=O)c2cc(C(=O)O)ccc2Cl)no1. The molecule has 0 unspecified atom stereocenters. The zero-order valence-corrected chi connectivity index (χ0v) is 12.5. The fraction of sp³-hybridized carbons (Fsp3) is 0.250. The average Bonchev–Trinajstić information content (AvgIpc) is 2.85. The Labute approximate surface area is 125 Å². The van der Waals surface area contributed by atoms with Crippen molar-refractivity contribution in [2.75, 3.05) is 0 Å². The number of hydrogen-bond donors (Lipinski definition) is 1. The number of aromatic nitrogens is 2. The maximum Gasteiger partial charge on any atom is 0.335 e. The summed E-state index contributed by atoms with van der Waals surface area (Å²) < 4.78 is 29.4. The Bertz CT molecular complexity index is 785. The second-order valence-corrected chi connectivity index (χ2v) is 6.53. The van der Waals surface area contributed by atoms with Gasteiger partial charge in [0.2, 0.25) is 5.89 Å². The molecule has 1 aromatic carbocycles. The van der Waals surface area contributed by atoms with Crippen LogP contribution in [0, 0.1) is 0 Å². The van der Waals surface area contributed by atoms with Gasteiger partial charge in [-0.25, -0.2) is 13.2 Å². The molecular formula is C12H11ClN2O5S. The largest absolute Gasteiger partial charge is 0.478 e. The second-order valence-electron chi connectivity index (χ2n) is 4.17. The molecule has 0 fully saturated rings. The van der Waals surface area contributed by atoms with Crippen LogP contribution in [0.3, 0.4) is 0 Å². The topological polar surface area (TPSA) is 110 Å². The Morgan fingerprint density at radius 3 is 2.71 bits per heavy atom. The van der Waals surface area contributed by atoms with Crippen molar-refractivity contribution in [1.82, 2.24) is 10.1 Å². The van der Waals surface area contributed by atoms with Gasteiger partial charge in [-0.15, -0.1) is 0 Å². The van der Waals surface area contributed by atoms with E-state index in [-0.39, 0.29) is 21.3 Å². The van der Waals surface area contributed by atoms with Crippen molar-refractivity contribution < 1.29 is 22.8 Å². The molecule has 0 bridgehead atoms. The summed E-state index contributed by atoms with van der Waals surface area (Å²) in [4.78, 5) is 14.6. The number of sulfone groups is 1.